The minimum atomic E-state index is 0.564. The Labute approximate surface area is 267 Å². The number of benzene rings is 6. The maximum absolute atomic E-state index is 6.62. The molecule has 0 radical (unpaired) electrons. The van der Waals surface area contributed by atoms with Gasteiger partial charge in [0, 0.05) is 27.3 Å². The van der Waals surface area contributed by atoms with E-state index >= 15 is 0 Å². The summed E-state index contributed by atoms with van der Waals surface area (Å²) in [6, 6.07) is 54.0. The molecule has 0 N–H and O–H groups in total. The average Bonchev–Trinajstić information content (AvgIpc) is 3.10. The number of para-hydroxylation sites is 2. The number of aliphatic imine (C=N–C) groups is 4. The predicted octanol–water partition coefficient (Wildman–Crippen LogP) is 10.5. The Bertz CT molecular complexity index is 2080. The van der Waals surface area contributed by atoms with Crippen molar-refractivity contribution in [2.45, 2.75) is 0 Å². The quantitative estimate of drug-likeness (QED) is 0.194. The molecule has 1 aliphatic heterocycles. The van der Waals surface area contributed by atoms with Gasteiger partial charge in [0.2, 0.25) is 0 Å². The van der Waals surface area contributed by atoms with E-state index in [4.69, 9.17) is 31.6 Å². The summed E-state index contributed by atoms with van der Waals surface area (Å²) in [5.74, 6) is 0. The van der Waals surface area contributed by atoms with E-state index in [0.29, 0.717) is 39.2 Å². The van der Waals surface area contributed by atoms with Crippen LogP contribution in [0.1, 0.15) is 22.3 Å². The number of hydrogen-bond donors (Lipinski definition) is 0. The summed E-state index contributed by atoms with van der Waals surface area (Å²) in [6.07, 6.45) is 0. The third kappa shape index (κ3) is 6.19. The lowest BCUT2D eigenvalue weighted by atomic mass is 9.98. The van der Waals surface area contributed by atoms with Gasteiger partial charge in [-0.05, 0) is 30.3 Å². The zero-order valence-electron chi connectivity index (χ0n) is 24.3. The second-order valence-corrected chi connectivity index (χ2v) is 10.9. The summed E-state index contributed by atoms with van der Waals surface area (Å²) in [5, 5.41) is 0.564. The van der Waals surface area contributed by atoms with Crippen molar-refractivity contribution in [1.82, 2.24) is 0 Å². The minimum Gasteiger partial charge on any atom is -0.244 e. The van der Waals surface area contributed by atoms with E-state index in [0.717, 1.165) is 33.7 Å². The van der Waals surface area contributed by atoms with Crippen LogP contribution in [-0.4, -0.2) is 22.8 Å². The van der Waals surface area contributed by atoms with E-state index in [1.165, 1.54) is 0 Å². The van der Waals surface area contributed by atoms with E-state index in [9.17, 15) is 0 Å². The smallest absolute Gasteiger partial charge is 0.0973 e. The van der Waals surface area contributed by atoms with Gasteiger partial charge in [-0.2, -0.15) is 0 Å². The molecule has 0 aliphatic carbocycles. The first-order chi connectivity index (χ1) is 22.2. The second-order valence-electron chi connectivity index (χ2n) is 10.4. The number of hydrogen-bond acceptors (Lipinski definition) is 4. The molecule has 0 bridgehead atoms. The van der Waals surface area contributed by atoms with Crippen LogP contribution in [0.25, 0.3) is 0 Å². The number of fused-ring (bicyclic) bond motifs is 2. The van der Waals surface area contributed by atoms with Crippen molar-refractivity contribution in [3.63, 3.8) is 0 Å². The van der Waals surface area contributed by atoms with Crippen molar-refractivity contribution in [2.75, 3.05) is 0 Å². The molecule has 0 spiro atoms. The SMILES string of the molecule is Clc1ccc2c(c1)N=C(c1ccccc1)C(c1ccccc1)=Nc1ccccc1N=C(c1ccccc1)C(c1ccccc1)=N2. The Morgan fingerprint density at radius 1 is 0.289 bits per heavy atom. The van der Waals surface area contributed by atoms with Gasteiger partial charge in [-0.1, -0.05) is 145 Å². The van der Waals surface area contributed by atoms with Gasteiger partial charge < -0.3 is 0 Å². The monoisotopic (exact) mass is 598 g/mol. The molecule has 0 aromatic heterocycles. The van der Waals surface area contributed by atoms with Crippen LogP contribution in [0.2, 0.25) is 5.02 Å². The molecule has 5 heteroatoms. The molecule has 0 saturated heterocycles. The van der Waals surface area contributed by atoms with E-state index in [2.05, 4.69) is 36.4 Å². The van der Waals surface area contributed by atoms with Gasteiger partial charge in [0.25, 0.3) is 0 Å². The largest absolute Gasteiger partial charge is 0.244 e. The molecule has 7 rings (SSSR count). The van der Waals surface area contributed by atoms with E-state index in [1.807, 2.05) is 127 Å². The van der Waals surface area contributed by atoms with E-state index < -0.39 is 0 Å². The van der Waals surface area contributed by atoms with Crippen LogP contribution in [0.4, 0.5) is 22.7 Å². The van der Waals surface area contributed by atoms with Crippen molar-refractivity contribution in [3.8, 4) is 0 Å². The van der Waals surface area contributed by atoms with E-state index in [1.54, 1.807) is 0 Å². The van der Waals surface area contributed by atoms with Crippen LogP contribution < -0.4 is 0 Å². The van der Waals surface area contributed by atoms with Gasteiger partial charge in [0.1, 0.15) is 0 Å². The third-order valence-corrected chi connectivity index (χ3v) is 7.62. The van der Waals surface area contributed by atoms with Crippen LogP contribution >= 0.6 is 11.6 Å². The molecule has 1 heterocycles. The summed E-state index contributed by atoms with van der Waals surface area (Å²) in [7, 11) is 0. The number of halogens is 1. The highest BCUT2D eigenvalue weighted by Crippen LogP contribution is 2.36. The molecule has 0 amide bonds. The fraction of sp³-hybridized carbons (Fsp3) is 0. The highest BCUT2D eigenvalue weighted by molar-refractivity contribution is 6.55. The van der Waals surface area contributed by atoms with Crippen molar-refractivity contribution in [2.24, 2.45) is 20.0 Å². The summed E-state index contributed by atoms with van der Waals surface area (Å²) in [5.41, 5.74) is 9.27. The topological polar surface area (TPSA) is 49.4 Å². The third-order valence-electron chi connectivity index (χ3n) is 7.39. The zero-order chi connectivity index (χ0) is 30.4. The molecule has 214 valence electrons. The lowest BCUT2D eigenvalue weighted by Gasteiger charge is -2.17. The summed E-state index contributed by atoms with van der Waals surface area (Å²) in [6.45, 7) is 0. The average molecular weight is 599 g/mol. The Morgan fingerprint density at radius 2 is 0.578 bits per heavy atom. The molecule has 6 aromatic carbocycles. The maximum Gasteiger partial charge on any atom is 0.0973 e. The van der Waals surface area contributed by atoms with Gasteiger partial charge in [0.15, 0.2) is 0 Å². The van der Waals surface area contributed by atoms with Crippen LogP contribution in [0.5, 0.6) is 0 Å². The molecule has 0 fully saturated rings. The molecule has 0 saturated carbocycles. The van der Waals surface area contributed by atoms with Crippen molar-refractivity contribution >= 4 is 57.2 Å². The fourth-order valence-electron chi connectivity index (χ4n) is 5.22. The van der Waals surface area contributed by atoms with Gasteiger partial charge in [-0.3, -0.25) is 0 Å². The second kappa shape index (κ2) is 12.9. The number of nitrogens with zero attached hydrogens (tertiary/aromatic N) is 4. The van der Waals surface area contributed by atoms with Gasteiger partial charge in [-0.25, -0.2) is 20.0 Å². The molecule has 1 aliphatic rings. The lowest BCUT2D eigenvalue weighted by molar-refractivity contribution is 1.40. The standard InChI is InChI=1S/C40H27ClN4/c41-32-25-26-35-36(27-32)45-40(31-21-11-4-12-22-31)39(30-19-9-3-10-20-30)43-34-24-14-13-23-33(34)42-37(28-15-5-1-6-16-28)38(44-35)29-17-7-2-8-18-29/h1-27H. The molecule has 45 heavy (non-hydrogen) atoms. The predicted molar refractivity (Wildman–Crippen MR) is 188 cm³/mol. The normalized spacial score (nSPS) is 13.1. The molecule has 6 aromatic rings. The summed E-state index contributed by atoms with van der Waals surface area (Å²) < 4.78 is 0. The first-order valence-corrected chi connectivity index (χ1v) is 15.1. The highest BCUT2D eigenvalue weighted by atomic mass is 35.5. The Kier molecular flexibility index (Phi) is 8.04. The van der Waals surface area contributed by atoms with Gasteiger partial charge in [-0.15, -0.1) is 0 Å². The van der Waals surface area contributed by atoms with Crippen molar-refractivity contribution in [3.05, 3.63) is 191 Å². The van der Waals surface area contributed by atoms with Crippen molar-refractivity contribution < 1.29 is 0 Å². The van der Waals surface area contributed by atoms with Crippen molar-refractivity contribution in [1.29, 1.82) is 0 Å². The molecule has 0 atom stereocenters. The molecular formula is C40H27ClN4. The van der Waals surface area contributed by atoms with Crippen LogP contribution in [-0.2, 0) is 0 Å². The van der Waals surface area contributed by atoms with Crippen LogP contribution in [0.15, 0.2) is 184 Å². The minimum absolute atomic E-state index is 0.564. The first-order valence-electron chi connectivity index (χ1n) is 14.7. The molecule has 0 unspecified atom stereocenters. The van der Waals surface area contributed by atoms with Crippen LogP contribution in [0, 0.1) is 0 Å². The Hall–Kier alpha value is -5.71. The highest BCUT2D eigenvalue weighted by Gasteiger charge is 2.21. The summed E-state index contributed by atoms with van der Waals surface area (Å²) >= 11 is 6.62. The summed E-state index contributed by atoms with van der Waals surface area (Å²) in [4.78, 5) is 21.3. The Morgan fingerprint density at radius 3 is 0.933 bits per heavy atom. The first kappa shape index (κ1) is 28.1. The van der Waals surface area contributed by atoms with Gasteiger partial charge in [0.05, 0.1) is 45.6 Å². The Balaban J connectivity index is 1.63. The van der Waals surface area contributed by atoms with E-state index in [-0.39, 0.29) is 0 Å². The lowest BCUT2D eigenvalue weighted by Crippen LogP contribution is -2.18. The zero-order valence-corrected chi connectivity index (χ0v) is 25.0. The number of rotatable bonds is 4. The van der Waals surface area contributed by atoms with Crippen LogP contribution in [0.3, 0.4) is 0 Å². The molecule has 4 nitrogen and oxygen atoms in total. The maximum atomic E-state index is 6.62. The fourth-order valence-corrected chi connectivity index (χ4v) is 5.38. The van der Waals surface area contributed by atoms with Gasteiger partial charge >= 0.3 is 0 Å². The molecular weight excluding hydrogens is 572 g/mol.